The summed E-state index contributed by atoms with van der Waals surface area (Å²) in [5, 5.41) is 11.9. The van der Waals surface area contributed by atoms with Crippen LogP contribution in [0.25, 0.3) is 21.3 Å². The zero-order valence-corrected chi connectivity index (χ0v) is 29.4. The minimum absolute atomic E-state index is 0.00631. The summed E-state index contributed by atoms with van der Waals surface area (Å²) < 4.78 is 35.1. The zero-order valence-electron chi connectivity index (χ0n) is 28.6. The van der Waals surface area contributed by atoms with Crippen molar-refractivity contribution in [3.8, 4) is 0 Å². The molecule has 2 amide bonds. The van der Waals surface area contributed by atoms with E-state index in [1.54, 1.807) is 36.7 Å². The van der Waals surface area contributed by atoms with Crippen molar-refractivity contribution >= 4 is 79.1 Å². The average Bonchev–Trinajstić information content (AvgIpc) is 3.75. The number of amides is 2. The number of halogens is 2. The number of anilines is 6. The number of nitrogens with two attached hydrogens (primary N) is 4. The Morgan fingerprint density at radius 1 is 0.849 bits per heavy atom. The van der Waals surface area contributed by atoms with Crippen molar-refractivity contribution in [2.45, 2.75) is 44.7 Å². The van der Waals surface area contributed by atoms with Crippen LogP contribution in [0, 0.1) is 18.6 Å². The number of carbonyl (C=O) groups is 2. The number of pyridine rings is 2. The van der Waals surface area contributed by atoms with E-state index < -0.39 is 23.4 Å². The molecule has 2 atom stereocenters. The first-order chi connectivity index (χ1) is 25.5. The van der Waals surface area contributed by atoms with Gasteiger partial charge in [0.05, 0.1) is 26.9 Å². The van der Waals surface area contributed by atoms with Gasteiger partial charge in [0.2, 0.25) is 0 Å². The van der Waals surface area contributed by atoms with E-state index in [4.69, 9.17) is 27.4 Å². The number of nitrogens with zero attached hydrogens (tertiary/aromatic N) is 4. The summed E-state index contributed by atoms with van der Waals surface area (Å²) >= 11 is 1.49. The third-order valence-electron chi connectivity index (χ3n) is 8.41. The highest BCUT2D eigenvalue weighted by Crippen LogP contribution is 2.29. The summed E-state index contributed by atoms with van der Waals surface area (Å²) in [4.78, 5) is 40.3. The molecule has 15 nitrogen and oxygen atoms in total. The standard InChI is InChI=1S/C20H23FN6O2.C15H15FN6OS/c1-10-24-16-8-11(6-7-17(16)29-10)25-19-12(18(23)28)9-13(21)20(27-19)26-15-5-3-2-4-14(15)22;16-10-6-9(13(18)23)14(22-15(10)19-4-3-17)21-8-1-2-11-12(5-8)24-7-20-11/h6-9,14-15H,2-5,22H2,1H3,(H2,23,28)(H2,25,26,27);1-2,5-7H,3-4,17H2,(H2,18,23)(H2,19,21,22). The number of oxazole rings is 1. The Morgan fingerprint density at radius 2 is 1.49 bits per heavy atom. The topological polar surface area (TPSA) is 251 Å². The Hall–Kier alpha value is -5.98. The van der Waals surface area contributed by atoms with Crippen molar-refractivity contribution in [1.82, 2.24) is 19.9 Å². The van der Waals surface area contributed by atoms with E-state index in [9.17, 15) is 18.4 Å². The lowest BCUT2D eigenvalue weighted by Crippen LogP contribution is -2.43. The SMILES string of the molecule is Cc1nc2cc(Nc3nc(NC4CCCCC4N)c(F)cc3C(N)=O)ccc2o1.NCCNc1nc(Nc2ccc3ncsc3c2)c(C(N)=O)cc1F. The first-order valence-electron chi connectivity index (χ1n) is 16.7. The minimum atomic E-state index is -0.779. The number of carbonyl (C=O) groups excluding carboxylic acids is 2. The van der Waals surface area contributed by atoms with Crippen molar-refractivity contribution < 1.29 is 22.8 Å². The molecule has 0 saturated heterocycles. The second-order valence-electron chi connectivity index (χ2n) is 12.3. The maximum absolute atomic E-state index is 14.6. The van der Waals surface area contributed by atoms with Crippen LogP contribution in [0.4, 0.5) is 43.4 Å². The lowest BCUT2D eigenvalue weighted by Gasteiger charge is -2.30. The number of hydrogen-bond donors (Lipinski definition) is 8. The van der Waals surface area contributed by atoms with Crippen molar-refractivity contribution in [3.05, 3.63) is 82.7 Å². The van der Waals surface area contributed by atoms with E-state index >= 15 is 0 Å². The van der Waals surface area contributed by atoms with Gasteiger partial charge in [-0.25, -0.2) is 28.7 Å². The van der Waals surface area contributed by atoms with Gasteiger partial charge < -0.3 is 48.6 Å². The number of primary amides is 2. The van der Waals surface area contributed by atoms with Gasteiger partial charge in [-0.2, -0.15) is 0 Å². The Kier molecular flexibility index (Phi) is 11.2. The molecule has 0 radical (unpaired) electrons. The predicted molar refractivity (Wildman–Crippen MR) is 202 cm³/mol. The first-order valence-corrected chi connectivity index (χ1v) is 17.6. The van der Waals surface area contributed by atoms with Crippen LogP contribution in [0.2, 0.25) is 0 Å². The minimum Gasteiger partial charge on any atom is -0.441 e. The van der Waals surface area contributed by atoms with Gasteiger partial charge in [0, 0.05) is 43.5 Å². The van der Waals surface area contributed by atoms with Crippen LogP contribution in [0.3, 0.4) is 0 Å². The van der Waals surface area contributed by atoms with Crippen LogP contribution in [-0.4, -0.2) is 56.9 Å². The average molecular weight is 745 g/mol. The highest BCUT2D eigenvalue weighted by atomic mass is 32.1. The van der Waals surface area contributed by atoms with Crippen LogP contribution >= 0.6 is 11.3 Å². The molecule has 0 spiro atoms. The molecule has 1 saturated carbocycles. The molecule has 4 aromatic heterocycles. The summed E-state index contributed by atoms with van der Waals surface area (Å²) in [5.74, 6) is -1.94. The van der Waals surface area contributed by atoms with Crippen molar-refractivity contribution in [2.75, 3.05) is 34.4 Å². The summed E-state index contributed by atoms with van der Waals surface area (Å²) in [6.45, 7) is 2.43. The van der Waals surface area contributed by atoms with E-state index in [1.165, 1.54) is 11.3 Å². The highest BCUT2D eigenvalue weighted by molar-refractivity contribution is 7.16. The van der Waals surface area contributed by atoms with E-state index in [0.29, 0.717) is 41.5 Å². The van der Waals surface area contributed by atoms with Crippen LogP contribution in [0.1, 0.15) is 52.3 Å². The summed E-state index contributed by atoms with van der Waals surface area (Å²) in [6.07, 6.45) is 3.80. The molecule has 1 aliphatic carbocycles. The normalized spacial score (nSPS) is 15.4. The van der Waals surface area contributed by atoms with E-state index in [0.717, 1.165) is 48.0 Å². The molecular weight excluding hydrogens is 707 g/mol. The largest absolute Gasteiger partial charge is 0.441 e. The number of fused-ring (bicyclic) bond motifs is 2. The van der Waals surface area contributed by atoms with Crippen molar-refractivity contribution in [1.29, 1.82) is 0 Å². The molecule has 4 heterocycles. The van der Waals surface area contributed by atoms with E-state index in [-0.39, 0.29) is 46.5 Å². The van der Waals surface area contributed by atoms with Gasteiger partial charge in [0.15, 0.2) is 34.7 Å². The summed E-state index contributed by atoms with van der Waals surface area (Å²) in [6, 6.07) is 12.8. The van der Waals surface area contributed by atoms with E-state index in [2.05, 4.69) is 41.2 Å². The number of thiazole rings is 1. The van der Waals surface area contributed by atoms with Gasteiger partial charge in [-0.05, 0) is 61.4 Å². The number of nitrogens with one attached hydrogen (secondary N) is 4. The van der Waals surface area contributed by atoms with Crippen LogP contribution in [0.5, 0.6) is 0 Å². The molecule has 0 aliphatic heterocycles. The van der Waals surface area contributed by atoms with E-state index in [1.807, 2.05) is 12.1 Å². The van der Waals surface area contributed by atoms with Gasteiger partial charge in [0.1, 0.15) is 17.2 Å². The molecule has 18 heteroatoms. The molecular formula is C35H38F2N12O3S. The number of benzene rings is 2. The van der Waals surface area contributed by atoms with Gasteiger partial charge >= 0.3 is 0 Å². The first kappa shape index (κ1) is 36.8. The predicted octanol–water partition coefficient (Wildman–Crippen LogP) is 5.24. The van der Waals surface area contributed by atoms with Crippen molar-refractivity contribution in [3.63, 3.8) is 0 Å². The number of aromatic nitrogens is 4. The third-order valence-corrected chi connectivity index (χ3v) is 9.20. The third kappa shape index (κ3) is 8.74. The molecule has 1 fully saturated rings. The second kappa shape index (κ2) is 16.1. The molecule has 0 bridgehead atoms. The highest BCUT2D eigenvalue weighted by Gasteiger charge is 2.25. The zero-order chi connectivity index (χ0) is 37.6. The van der Waals surface area contributed by atoms with Gasteiger partial charge in [-0.1, -0.05) is 12.8 Å². The Balaban J connectivity index is 0.000000185. The summed E-state index contributed by atoms with van der Waals surface area (Å²) in [5.41, 5.74) is 27.5. The van der Waals surface area contributed by atoms with Gasteiger partial charge in [0.25, 0.3) is 11.8 Å². The van der Waals surface area contributed by atoms with Crippen LogP contribution < -0.4 is 44.2 Å². The molecule has 1 aliphatic rings. The van der Waals surface area contributed by atoms with Crippen LogP contribution in [0.15, 0.2) is 58.5 Å². The fourth-order valence-electron chi connectivity index (χ4n) is 5.80. The monoisotopic (exact) mass is 744 g/mol. The molecule has 276 valence electrons. The molecule has 6 aromatic rings. The number of hydrogen-bond acceptors (Lipinski definition) is 14. The molecule has 2 aromatic carbocycles. The molecule has 7 rings (SSSR count). The lowest BCUT2D eigenvalue weighted by molar-refractivity contribution is 0.0992. The second-order valence-corrected chi connectivity index (χ2v) is 13.2. The van der Waals surface area contributed by atoms with Gasteiger partial charge in [-0.3, -0.25) is 9.59 Å². The van der Waals surface area contributed by atoms with Crippen molar-refractivity contribution in [2.24, 2.45) is 22.9 Å². The molecule has 53 heavy (non-hydrogen) atoms. The maximum atomic E-state index is 14.6. The molecule has 12 N–H and O–H groups in total. The summed E-state index contributed by atoms with van der Waals surface area (Å²) in [7, 11) is 0. The number of aryl methyl sites for hydroxylation is 1. The lowest BCUT2D eigenvalue weighted by atomic mass is 9.91. The van der Waals surface area contributed by atoms with Gasteiger partial charge in [-0.15, -0.1) is 11.3 Å². The smallest absolute Gasteiger partial charge is 0.252 e. The molecule has 2 unspecified atom stereocenters. The quantitative estimate of drug-likeness (QED) is 0.0846. The Labute approximate surface area is 306 Å². The Bertz CT molecular complexity index is 2280. The van der Waals surface area contributed by atoms with Crippen LogP contribution in [-0.2, 0) is 0 Å². The fraction of sp³-hybridized carbons (Fsp3) is 0.257. The number of rotatable bonds is 11. The fourth-order valence-corrected chi connectivity index (χ4v) is 6.52. The maximum Gasteiger partial charge on any atom is 0.252 e. The Morgan fingerprint density at radius 3 is 2.17 bits per heavy atom.